The maximum atomic E-state index is 11.9. The lowest BCUT2D eigenvalue weighted by atomic mass is 10.2. The van der Waals surface area contributed by atoms with Crippen LogP contribution in [0, 0.1) is 5.92 Å². The van der Waals surface area contributed by atoms with Gasteiger partial charge in [0.1, 0.15) is 5.60 Å². The van der Waals surface area contributed by atoms with Gasteiger partial charge in [-0.3, -0.25) is 0 Å². The first-order valence-corrected chi connectivity index (χ1v) is 7.25. The number of piperazine rings is 1. The van der Waals surface area contributed by atoms with Gasteiger partial charge in [0.25, 0.3) is 0 Å². The molecular formula is C14H24N2O4. The largest absolute Gasteiger partial charge is 0.449 e. The van der Waals surface area contributed by atoms with Crippen LogP contribution >= 0.6 is 0 Å². The van der Waals surface area contributed by atoms with E-state index in [1.807, 2.05) is 20.8 Å². The van der Waals surface area contributed by atoms with Gasteiger partial charge in [0.15, 0.2) is 0 Å². The Morgan fingerprint density at radius 2 is 1.50 bits per heavy atom. The van der Waals surface area contributed by atoms with Crippen molar-refractivity contribution >= 4 is 12.2 Å². The molecule has 0 unspecified atom stereocenters. The van der Waals surface area contributed by atoms with E-state index in [1.165, 1.54) is 12.8 Å². The first kappa shape index (κ1) is 14.9. The van der Waals surface area contributed by atoms with Crippen molar-refractivity contribution in [2.24, 2.45) is 5.92 Å². The Balaban J connectivity index is 1.71. The third-order valence-electron chi connectivity index (χ3n) is 3.33. The van der Waals surface area contributed by atoms with Crippen molar-refractivity contribution in [3.05, 3.63) is 0 Å². The zero-order chi connectivity index (χ0) is 14.8. The summed E-state index contributed by atoms with van der Waals surface area (Å²) < 4.78 is 10.5. The summed E-state index contributed by atoms with van der Waals surface area (Å²) in [4.78, 5) is 27.0. The van der Waals surface area contributed by atoms with E-state index in [4.69, 9.17) is 9.47 Å². The normalized spacial score (nSPS) is 19.8. The standard InChI is InChI=1S/C14H24N2O4/c1-14(2,3)20-13(18)16-8-6-15(7-9-16)12(17)19-10-11-4-5-11/h11H,4-10H2,1-3H3. The molecule has 0 radical (unpaired) electrons. The molecule has 1 aliphatic carbocycles. The minimum Gasteiger partial charge on any atom is -0.449 e. The summed E-state index contributed by atoms with van der Waals surface area (Å²) in [6.07, 6.45) is 1.75. The second kappa shape index (κ2) is 5.89. The van der Waals surface area contributed by atoms with E-state index in [1.54, 1.807) is 9.80 Å². The van der Waals surface area contributed by atoms with Crippen molar-refractivity contribution in [1.82, 2.24) is 9.80 Å². The molecule has 2 aliphatic rings. The molecule has 1 heterocycles. The molecule has 2 amide bonds. The van der Waals surface area contributed by atoms with Gasteiger partial charge in [-0.25, -0.2) is 9.59 Å². The van der Waals surface area contributed by atoms with Crippen LogP contribution in [-0.2, 0) is 9.47 Å². The average molecular weight is 284 g/mol. The smallest absolute Gasteiger partial charge is 0.410 e. The average Bonchev–Trinajstić information content (AvgIpc) is 3.18. The summed E-state index contributed by atoms with van der Waals surface area (Å²) in [6.45, 7) is 8.06. The van der Waals surface area contributed by atoms with E-state index in [9.17, 15) is 9.59 Å². The van der Waals surface area contributed by atoms with E-state index in [0.717, 1.165) is 0 Å². The van der Waals surface area contributed by atoms with Gasteiger partial charge in [-0.2, -0.15) is 0 Å². The third kappa shape index (κ3) is 4.58. The number of rotatable bonds is 2. The minimum absolute atomic E-state index is 0.263. The zero-order valence-electron chi connectivity index (χ0n) is 12.6. The van der Waals surface area contributed by atoms with Gasteiger partial charge < -0.3 is 19.3 Å². The molecule has 20 heavy (non-hydrogen) atoms. The summed E-state index contributed by atoms with van der Waals surface area (Å²) in [6, 6.07) is 0. The monoisotopic (exact) mass is 284 g/mol. The molecule has 1 saturated heterocycles. The van der Waals surface area contributed by atoms with Gasteiger partial charge >= 0.3 is 12.2 Å². The lowest BCUT2D eigenvalue weighted by Crippen LogP contribution is -2.51. The number of carbonyl (C=O) groups is 2. The van der Waals surface area contributed by atoms with Gasteiger partial charge in [0.05, 0.1) is 6.61 Å². The van der Waals surface area contributed by atoms with Gasteiger partial charge in [-0.1, -0.05) is 0 Å². The van der Waals surface area contributed by atoms with Crippen molar-refractivity contribution in [3.63, 3.8) is 0 Å². The Kier molecular flexibility index (Phi) is 4.40. The van der Waals surface area contributed by atoms with Gasteiger partial charge in [-0.05, 0) is 39.5 Å². The minimum atomic E-state index is -0.489. The topological polar surface area (TPSA) is 59.1 Å². The Hall–Kier alpha value is -1.46. The fourth-order valence-corrected chi connectivity index (χ4v) is 1.96. The highest BCUT2D eigenvalue weighted by Gasteiger charge is 2.29. The van der Waals surface area contributed by atoms with Crippen LogP contribution in [0.2, 0.25) is 0 Å². The predicted octanol–water partition coefficient (Wildman–Crippen LogP) is 2.09. The number of nitrogens with zero attached hydrogens (tertiary/aromatic N) is 2. The number of ether oxygens (including phenoxy) is 2. The summed E-state index contributed by atoms with van der Waals surface area (Å²) in [5.74, 6) is 0.571. The summed E-state index contributed by atoms with van der Waals surface area (Å²) in [7, 11) is 0. The highest BCUT2D eigenvalue weighted by Crippen LogP contribution is 2.29. The molecule has 114 valence electrons. The molecule has 2 fully saturated rings. The number of carbonyl (C=O) groups excluding carboxylic acids is 2. The van der Waals surface area contributed by atoms with Gasteiger partial charge in [-0.15, -0.1) is 0 Å². The molecule has 0 aromatic carbocycles. The van der Waals surface area contributed by atoms with Crippen LogP contribution in [0.5, 0.6) is 0 Å². The third-order valence-corrected chi connectivity index (χ3v) is 3.33. The molecule has 0 atom stereocenters. The molecule has 0 spiro atoms. The van der Waals surface area contributed by atoms with Crippen molar-refractivity contribution in [2.75, 3.05) is 32.8 Å². The van der Waals surface area contributed by atoms with Crippen LogP contribution in [-0.4, -0.2) is 60.4 Å². The van der Waals surface area contributed by atoms with Crippen molar-refractivity contribution in [3.8, 4) is 0 Å². The van der Waals surface area contributed by atoms with E-state index >= 15 is 0 Å². The van der Waals surface area contributed by atoms with Crippen molar-refractivity contribution in [1.29, 1.82) is 0 Å². The predicted molar refractivity (Wildman–Crippen MR) is 73.5 cm³/mol. The Morgan fingerprint density at radius 1 is 1.00 bits per heavy atom. The van der Waals surface area contributed by atoms with E-state index in [2.05, 4.69) is 0 Å². The highest BCUT2D eigenvalue weighted by molar-refractivity contribution is 5.70. The Labute approximate surface area is 120 Å². The molecule has 0 aromatic rings. The zero-order valence-corrected chi connectivity index (χ0v) is 12.6. The summed E-state index contributed by atoms with van der Waals surface area (Å²) in [5.41, 5.74) is -0.489. The van der Waals surface area contributed by atoms with Crippen molar-refractivity contribution in [2.45, 2.75) is 39.2 Å². The summed E-state index contributed by atoms with van der Waals surface area (Å²) >= 11 is 0. The lowest BCUT2D eigenvalue weighted by molar-refractivity contribution is 0.0127. The molecular weight excluding hydrogens is 260 g/mol. The van der Waals surface area contributed by atoms with Gasteiger partial charge in [0.2, 0.25) is 0 Å². The van der Waals surface area contributed by atoms with Crippen LogP contribution in [0.3, 0.4) is 0 Å². The number of amides is 2. The first-order chi connectivity index (χ1) is 9.35. The number of hydrogen-bond donors (Lipinski definition) is 0. The van der Waals surface area contributed by atoms with Gasteiger partial charge in [0, 0.05) is 26.2 Å². The van der Waals surface area contributed by atoms with Crippen molar-refractivity contribution < 1.29 is 19.1 Å². The maximum Gasteiger partial charge on any atom is 0.410 e. The van der Waals surface area contributed by atoms with E-state index in [-0.39, 0.29) is 12.2 Å². The van der Waals surface area contributed by atoms with Crippen LogP contribution in [0.25, 0.3) is 0 Å². The second-order valence-corrected chi connectivity index (χ2v) is 6.47. The Bertz CT molecular complexity index is 366. The van der Waals surface area contributed by atoms with Crippen LogP contribution in [0.4, 0.5) is 9.59 Å². The molecule has 0 N–H and O–H groups in total. The van der Waals surface area contributed by atoms with E-state index in [0.29, 0.717) is 38.7 Å². The molecule has 0 bridgehead atoms. The van der Waals surface area contributed by atoms with Crippen LogP contribution < -0.4 is 0 Å². The molecule has 0 aromatic heterocycles. The molecule has 1 saturated carbocycles. The van der Waals surface area contributed by atoms with E-state index < -0.39 is 5.60 Å². The summed E-state index contributed by atoms with van der Waals surface area (Å²) in [5, 5.41) is 0. The van der Waals surface area contributed by atoms with Crippen LogP contribution in [0.15, 0.2) is 0 Å². The Morgan fingerprint density at radius 3 is 1.95 bits per heavy atom. The fourth-order valence-electron chi connectivity index (χ4n) is 1.96. The molecule has 6 heteroatoms. The molecule has 6 nitrogen and oxygen atoms in total. The highest BCUT2D eigenvalue weighted by atomic mass is 16.6. The molecule has 2 rings (SSSR count). The quantitative estimate of drug-likeness (QED) is 0.779. The van der Waals surface area contributed by atoms with Crippen LogP contribution in [0.1, 0.15) is 33.6 Å². The molecule has 1 aliphatic heterocycles. The lowest BCUT2D eigenvalue weighted by Gasteiger charge is -2.35. The SMILES string of the molecule is CC(C)(C)OC(=O)N1CCN(C(=O)OCC2CC2)CC1. The first-order valence-electron chi connectivity index (χ1n) is 7.25. The maximum absolute atomic E-state index is 11.9. The number of hydrogen-bond acceptors (Lipinski definition) is 4. The second-order valence-electron chi connectivity index (χ2n) is 6.47. The fraction of sp³-hybridized carbons (Fsp3) is 0.857.